The van der Waals surface area contributed by atoms with Gasteiger partial charge >= 0.3 is 7.12 Å². The maximum absolute atomic E-state index is 6.31. The van der Waals surface area contributed by atoms with Gasteiger partial charge in [0.2, 0.25) is 5.89 Å². The number of nitrogens with zero attached hydrogens (tertiary/aromatic N) is 1. The van der Waals surface area contributed by atoms with Gasteiger partial charge < -0.3 is 18.7 Å². The van der Waals surface area contributed by atoms with Crippen molar-refractivity contribution in [3.63, 3.8) is 0 Å². The van der Waals surface area contributed by atoms with Crippen molar-refractivity contribution in [2.24, 2.45) is 0 Å². The van der Waals surface area contributed by atoms with Crippen molar-refractivity contribution in [3.05, 3.63) is 60.7 Å². The molecule has 0 bridgehead atoms. The second-order valence-corrected chi connectivity index (χ2v) is 8.67. The van der Waals surface area contributed by atoms with E-state index in [1.165, 1.54) is 0 Å². The van der Waals surface area contributed by atoms with E-state index in [9.17, 15) is 0 Å². The Morgan fingerprint density at radius 3 is 2.56 bits per heavy atom. The van der Waals surface area contributed by atoms with Crippen molar-refractivity contribution in [1.29, 1.82) is 0 Å². The smallest absolute Gasteiger partial charge is 0.434 e. The Bertz CT molecular complexity index is 1390. The maximum Gasteiger partial charge on any atom is 0.494 e. The fraction of sp³-hybridized carbons (Fsp3) is 0.269. The minimum absolute atomic E-state index is 0.269. The molecule has 0 saturated heterocycles. The molecule has 0 saturated carbocycles. The Morgan fingerprint density at radius 2 is 1.81 bits per heavy atom. The summed E-state index contributed by atoms with van der Waals surface area (Å²) < 4.78 is 18.5. The lowest BCUT2D eigenvalue weighted by atomic mass is 9.77. The molecule has 0 atom stereocenters. The van der Waals surface area contributed by atoms with Crippen LogP contribution in [0.5, 0.6) is 0 Å². The molecule has 0 amide bonds. The normalized spacial score (nSPS) is 12.2. The molecular formula is C26H27BN2O3. The van der Waals surface area contributed by atoms with Crippen molar-refractivity contribution < 1.29 is 13.7 Å². The number of hydrogen-bond acceptors (Lipinski definition) is 4. The maximum atomic E-state index is 6.31. The highest BCUT2D eigenvalue weighted by Crippen LogP contribution is 2.33. The van der Waals surface area contributed by atoms with Crippen LogP contribution < -0.4 is 5.46 Å². The second-order valence-electron chi connectivity index (χ2n) is 8.67. The van der Waals surface area contributed by atoms with Crippen molar-refractivity contribution in [3.8, 4) is 11.5 Å². The topological polar surface area (TPSA) is 60.3 Å². The van der Waals surface area contributed by atoms with Crippen LogP contribution in [0, 0.1) is 0 Å². The Kier molecular flexibility index (Phi) is 5.27. The van der Waals surface area contributed by atoms with Crippen molar-refractivity contribution >= 4 is 45.5 Å². The molecule has 0 unspecified atom stereocenters. The number of H-pyrrole nitrogens is 1. The molecule has 0 aliphatic rings. The number of aromatic nitrogens is 2. The lowest BCUT2D eigenvalue weighted by Gasteiger charge is -2.28. The molecule has 0 aliphatic carbocycles. The first-order valence-corrected chi connectivity index (χ1v) is 11.2. The predicted octanol–water partition coefficient (Wildman–Crippen LogP) is 6.07. The second kappa shape index (κ2) is 8.12. The van der Waals surface area contributed by atoms with E-state index in [0.29, 0.717) is 12.5 Å². The Morgan fingerprint density at radius 1 is 1.00 bits per heavy atom. The highest BCUT2D eigenvalue weighted by molar-refractivity contribution is 6.61. The van der Waals surface area contributed by atoms with Gasteiger partial charge in [0.15, 0.2) is 5.58 Å². The average molecular weight is 426 g/mol. The number of benzene rings is 3. The Balaban J connectivity index is 1.62. The molecule has 0 aliphatic heterocycles. The molecule has 5 rings (SSSR count). The van der Waals surface area contributed by atoms with Gasteiger partial charge in [-0.25, -0.2) is 4.98 Å². The summed E-state index contributed by atoms with van der Waals surface area (Å²) in [7, 11) is -0.414. The minimum Gasteiger partial charge on any atom is -0.434 e. The van der Waals surface area contributed by atoms with Gasteiger partial charge in [-0.15, -0.1) is 0 Å². The highest BCUT2D eigenvalue weighted by atomic mass is 16.6. The molecule has 5 aromatic rings. The Hall–Kier alpha value is -3.09. The fourth-order valence-electron chi connectivity index (χ4n) is 3.94. The summed E-state index contributed by atoms with van der Waals surface area (Å²) in [6, 6.07) is 20.4. The molecule has 2 aromatic heterocycles. The van der Waals surface area contributed by atoms with E-state index in [0.717, 1.165) is 50.4 Å². The molecular weight excluding hydrogens is 399 g/mol. The monoisotopic (exact) mass is 426 g/mol. The molecule has 0 spiro atoms. The van der Waals surface area contributed by atoms with Crippen LogP contribution in [0.25, 0.3) is 44.4 Å². The van der Waals surface area contributed by atoms with Crippen molar-refractivity contribution in [2.75, 3.05) is 6.61 Å². The first kappa shape index (κ1) is 20.8. The number of aromatic amines is 1. The zero-order chi connectivity index (χ0) is 22.3. The molecule has 1 N–H and O–H groups in total. The number of nitrogens with one attached hydrogen (secondary N) is 1. The van der Waals surface area contributed by atoms with Gasteiger partial charge in [0, 0.05) is 34.1 Å². The third-order valence-corrected chi connectivity index (χ3v) is 6.04. The summed E-state index contributed by atoms with van der Waals surface area (Å²) in [5, 5.41) is 2.20. The summed E-state index contributed by atoms with van der Waals surface area (Å²) in [6.07, 6.45) is 0.902. The average Bonchev–Trinajstić information content (AvgIpc) is 3.40. The van der Waals surface area contributed by atoms with Crippen LogP contribution in [0.2, 0.25) is 0 Å². The van der Waals surface area contributed by atoms with Crippen LogP contribution in [-0.2, 0) is 9.31 Å². The fourth-order valence-corrected chi connectivity index (χ4v) is 3.94. The van der Waals surface area contributed by atoms with Crippen molar-refractivity contribution in [2.45, 2.75) is 39.7 Å². The quantitative estimate of drug-likeness (QED) is 0.321. The van der Waals surface area contributed by atoms with E-state index in [1.54, 1.807) is 0 Å². The summed E-state index contributed by atoms with van der Waals surface area (Å²) in [5.74, 6) is 0.624. The van der Waals surface area contributed by atoms with Crippen LogP contribution in [-0.4, -0.2) is 29.3 Å². The van der Waals surface area contributed by atoms with Gasteiger partial charge in [-0.3, -0.25) is 0 Å². The molecule has 6 heteroatoms. The number of rotatable bonds is 7. The van der Waals surface area contributed by atoms with Crippen LogP contribution in [0.15, 0.2) is 65.1 Å². The molecule has 0 radical (unpaired) electrons. The molecule has 32 heavy (non-hydrogen) atoms. The van der Waals surface area contributed by atoms with E-state index in [-0.39, 0.29) is 5.60 Å². The standard InChI is InChI=1S/C26H27BN2O3/c1-5-26(3,4)32-27(30-6-2)18-12-14-21-20(16-18)19-13-15-22-24(23(19)28-21)31-25(29-22)17-10-8-7-9-11-17/h7-16,28H,5-6H2,1-4H3. The number of hydrogen-bond donors (Lipinski definition) is 1. The first-order chi connectivity index (χ1) is 15.5. The largest absolute Gasteiger partial charge is 0.494 e. The molecule has 5 nitrogen and oxygen atoms in total. The molecule has 162 valence electrons. The van der Waals surface area contributed by atoms with E-state index >= 15 is 0 Å². The van der Waals surface area contributed by atoms with E-state index in [1.807, 2.05) is 43.3 Å². The van der Waals surface area contributed by atoms with Gasteiger partial charge in [-0.05, 0) is 63.0 Å². The summed E-state index contributed by atoms with van der Waals surface area (Å²) in [4.78, 5) is 8.22. The van der Waals surface area contributed by atoms with E-state index in [4.69, 9.17) is 18.7 Å². The molecule has 0 fully saturated rings. The first-order valence-electron chi connectivity index (χ1n) is 11.2. The number of oxazole rings is 1. The minimum atomic E-state index is -0.414. The van der Waals surface area contributed by atoms with E-state index < -0.39 is 7.12 Å². The van der Waals surface area contributed by atoms with Crippen LogP contribution >= 0.6 is 0 Å². The highest BCUT2D eigenvalue weighted by Gasteiger charge is 2.29. The lowest BCUT2D eigenvalue weighted by molar-refractivity contribution is 0.0706. The van der Waals surface area contributed by atoms with E-state index in [2.05, 4.69) is 50.0 Å². The summed E-state index contributed by atoms with van der Waals surface area (Å²) >= 11 is 0. The predicted molar refractivity (Wildman–Crippen MR) is 131 cm³/mol. The van der Waals surface area contributed by atoms with Gasteiger partial charge in [0.25, 0.3) is 0 Å². The lowest BCUT2D eigenvalue weighted by Crippen LogP contribution is -2.43. The zero-order valence-corrected chi connectivity index (χ0v) is 18.9. The van der Waals surface area contributed by atoms with Crippen LogP contribution in [0.3, 0.4) is 0 Å². The zero-order valence-electron chi connectivity index (χ0n) is 18.9. The number of fused-ring (bicyclic) bond motifs is 5. The third kappa shape index (κ3) is 3.70. The summed E-state index contributed by atoms with van der Waals surface area (Å²) in [6.45, 7) is 8.88. The van der Waals surface area contributed by atoms with Gasteiger partial charge in [0.1, 0.15) is 5.52 Å². The van der Waals surface area contributed by atoms with Gasteiger partial charge in [0.05, 0.1) is 5.52 Å². The van der Waals surface area contributed by atoms with Gasteiger partial charge in [-0.2, -0.15) is 0 Å². The van der Waals surface area contributed by atoms with Crippen LogP contribution in [0.1, 0.15) is 34.1 Å². The molecule has 3 aromatic carbocycles. The summed E-state index contributed by atoms with van der Waals surface area (Å²) in [5.41, 5.74) is 5.29. The van der Waals surface area contributed by atoms with Crippen molar-refractivity contribution in [1.82, 2.24) is 9.97 Å². The van der Waals surface area contributed by atoms with Gasteiger partial charge in [-0.1, -0.05) is 37.3 Å². The molecule has 2 heterocycles. The van der Waals surface area contributed by atoms with Crippen LogP contribution in [0.4, 0.5) is 0 Å². The Labute approximate surface area is 187 Å². The SMILES string of the molecule is CCOB(OC(C)(C)CC)c1ccc2[nH]c3c(ccc4nc(-c5ccccc5)oc43)c2c1. The third-order valence-electron chi connectivity index (χ3n) is 6.04.